The van der Waals surface area contributed by atoms with Crippen molar-refractivity contribution in [2.75, 3.05) is 5.32 Å². The second kappa shape index (κ2) is 8.03. The first-order valence-corrected chi connectivity index (χ1v) is 8.80. The van der Waals surface area contributed by atoms with Crippen molar-refractivity contribution in [3.05, 3.63) is 93.5 Å². The van der Waals surface area contributed by atoms with Gasteiger partial charge in [-0.05, 0) is 60.7 Å². The molecule has 0 aliphatic carbocycles. The molecule has 0 radical (unpaired) electrons. The molecule has 0 atom stereocenters. The number of nitrogens with zero attached hydrogens (tertiary/aromatic N) is 1. The molecule has 3 aromatic carbocycles. The number of hydrogen-bond donors (Lipinski definition) is 1. The molecule has 3 rings (SSSR count). The first kappa shape index (κ1) is 18.0. The fourth-order valence-electron chi connectivity index (χ4n) is 2.18. The molecule has 0 spiro atoms. The summed E-state index contributed by atoms with van der Waals surface area (Å²) < 4.78 is 0. The second-order valence-corrected chi connectivity index (χ2v) is 6.92. The van der Waals surface area contributed by atoms with Crippen LogP contribution >= 0.6 is 23.4 Å². The van der Waals surface area contributed by atoms with Crippen LogP contribution in [0.5, 0.6) is 0 Å². The maximum absolute atomic E-state index is 12.2. The minimum absolute atomic E-state index is 0.0645. The molecule has 0 aliphatic rings. The van der Waals surface area contributed by atoms with Crippen molar-refractivity contribution in [1.29, 1.82) is 0 Å². The molecule has 0 aliphatic heterocycles. The predicted molar refractivity (Wildman–Crippen MR) is 103 cm³/mol. The summed E-state index contributed by atoms with van der Waals surface area (Å²) in [6.45, 7) is 0. The first-order chi connectivity index (χ1) is 12.5. The third-order valence-electron chi connectivity index (χ3n) is 3.50. The molecule has 5 nitrogen and oxygen atoms in total. The molecule has 0 aromatic heterocycles. The van der Waals surface area contributed by atoms with Crippen LogP contribution in [0.1, 0.15) is 10.4 Å². The largest absolute Gasteiger partial charge is 0.322 e. The van der Waals surface area contributed by atoms with Crippen molar-refractivity contribution in [3.63, 3.8) is 0 Å². The maximum Gasteiger partial charge on any atom is 0.269 e. The number of halogens is 1. The number of carbonyl (C=O) groups excluding carboxylic acids is 1. The molecule has 0 saturated heterocycles. The summed E-state index contributed by atoms with van der Waals surface area (Å²) in [6.07, 6.45) is 0. The van der Waals surface area contributed by atoms with Crippen LogP contribution in [0.3, 0.4) is 0 Å². The highest BCUT2D eigenvalue weighted by Crippen LogP contribution is 2.29. The molecular weight excluding hydrogens is 372 g/mol. The van der Waals surface area contributed by atoms with Crippen LogP contribution in [-0.2, 0) is 0 Å². The number of benzene rings is 3. The molecule has 1 amide bonds. The van der Waals surface area contributed by atoms with Crippen LogP contribution < -0.4 is 5.32 Å². The van der Waals surface area contributed by atoms with Gasteiger partial charge in [-0.2, -0.15) is 0 Å². The molecule has 0 saturated carbocycles. The summed E-state index contributed by atoms with van der Waals surface area (Å²) in [5, 5.41) is 14.1. The van der Waals surface area contributed by atoms with E-state index in [2.05, 4.69) is 5.32 Å². The van der Waals surface area contributed by atoms with Crippen LogP contribution in [0.2, 0.25) is 5.02 Å². The Hall–Kier alpha value is -2.83. The summed E-state index contributed by atoms with van der Waals surface area (Å²) in [5.74, 6) is -0.211. The molecular formula is C19H13ClN2O3S. The molecule has 0 bridgehead atoms. The number of hydrogen-bond acceptors (Lipinski definition) is 4. The summed E-state index contributed by atoms with van der Waals surface area (Å²) >= 11 is 7.30. The van der Waals surface area contributed by atoms with E-state index in [1.165, 1.54) is 23.9 Å². The highest BCUT2D eigenvalue weighted by molar-refractivity contribution is 7.99. The van der Waals surface area contributed by atoms with E-state index in [-0.39, 0.29) is 11.6 Å². The average molecular weight is 385 g/mol. The zero-order chi connectivity index (χ0) is 18.5. The van der Waals surface area contributed by atoms with Crippen molar-refractivity contribution in [1.82, 2.24) is 0 Å². The van der Waals surface area contributed by atoms with Gasteiger partial charge in [-0.15, -0.1) is 0 Å². The second-order valence-electron chi connectivity index (χ2n) is 5.34. The highest BCUT2D eigenvalue weighted by Gasteiger charge is 2.07. The number of non-ortho nitro benzene ring substituents is 1. The van der Waals surface area contributed by atoms with Gasteiger partial charge in [-0.1, -0.05) is 23.4 Å². The van der Waals surface area contributed by atoms with Gasteiger partial charge in [0.15, 0.2) is 0 Å². The van der Waals surface area contributed by atoms with Gasteiger partial charge in [0.2, 0.25) is 0 Å². The molecule has 0 unspecified atom stereocenters. The summed E-state index contributed by atoms with van der Waals surface area (Å²) in [6, 6.07) is 20.4. The number of anilines is 1. The van der Waals surface area contributed by atoms with E-state index in [4.69, 9.17) is 11.6 Å². The summed E-state index contributed by atoms with van der Waals surface area (Å²) in [4.78, 5) is 24.3. The minimum Gasteiger partial charge on any atom is -0.322 e. The van der Waals surface area contributed by atoms with Gasteiger partial charge in [0.1, 0.15) is 0 Å². The van der Waals surface area contributed by atoms with E-state index in [0.717, 1.165) is 9.79 Å². The number of amides is 1. The van der Waals surface area contributed by atoms with Crippen molar-refractivity contribution < 1.29 is 9.72 Å². The number of nitro groups is 1. The Bertz CT molecular complexity index is 927. The van der Waals surface area contributed by atoms with Crippen LogP contribution in [0.15, 0.2) is 82.6 Å². The van der Waals surface area contributed by atoms with Gasteiger partial charge in [0, 0.05) is 38.2 Å². The van der Waals surface area contributed by atoms with Crippen LogP contribution in [0.25, 0.3) is 0 Å². The van der Waals surface area contributed by atoms with E-state index in [9.17, 15) is 14.9 Å². The van der Waals surface area contributed by atoms with Crippen LogP contribution in [0.4, 0.5) is 11.4 Å². The minimum atomic E-state index is -0.424. The smallest absolute Gasteiger partial charge is 0.269 e. The predicted octanol–water partition coefficient (Wildman–Crippen LogP) is 5.65. The normalized spacial score (nSPS) is 10.3. The third kappa shape index (κ3) is 4.62. The quantitative estimate of drug-likeness (QED) is 0.455. The Kier molecular flexibility index (Phi) is 5.55. The number of rotatable bonds is 5. The molecule has 3 aromatic rings. The average Bonchev–Trinajstić information content (AvgIpc) is 2.64. The lowest BCUT2D eigenvalue weighted by Crippen LogP contribution is -2.11. The molecule has 0 fully saturated rings. The number of nitro benzene ring substituents is 1. The lowest BCUT2D eigenvalue weighted by Gasteiger charge is -2.07. The van der Waals surface area contributed by atoms with E-state index in [1.807, 2.05) is 24.3 Å². The number of nitrogens with one attached hydrogen (secondary N) is 1. The summed E-state index contributed by atoms with van der Waals surface area (Å²) in [5.41, 5.74) is 1.27. The van der Waals surface area contributed by atoms with Crippen molar-refractivity contribution in [2.24, 2.45) is 0 Å². The van der Waals surface area contributed by atoms with Crippen LogP contribution in [-0.4, -0.2) is 10.8 Å². The van der Waals surface area contributed by atoms with E-state index in [1.54, 1.807) is 36.4 Å². The molecule has 0 heterocycles. The van der Waals surface area contributed by atoms with Gasteiger partial charge in [-0.3, -0.25) is 14.9 Å². The number of carbonyl (C=O) groups is 1. The van der Waals surface area contributed by atoms with Gasteiger partial charge >= 0.3 is 0 Å². The lowest BCUT2D eigenvalue weighted by molar-refractivity contribution is -0.384. The van der Waals surface area contributed by atoms with E-state index < -0.39 is 4.92 Å². The third-order valence-corrected chi connectivity index (χ3v) is 4.77. The van der Waals surface area contributed by atoms with E-state index in [0.29, 0.717) is 16.3 Å². The maximum atomic E-state index is 12.2. The summed E-state index contributed by atoms with van der Waals surface area (Å²) in [7, 11) is 0. The highest BCUT2D eigenvalue weighted by atomic mass is 35.5. The molecule has 26 heavy (non-hydrogen) atoms. The van der Waals surface area contributed by atoms with Crippen molar-refractivity contribution in [3.8, 4) is 0 Å². The standard InChI is InChI=1S/C19H13ClN2O3S/c20-14-3-1-13(2-4-14)19(23)21-15-5-9-17(10-6-15)26-18-11-7-16(8-12-18)22(24)25/h1-12H,(H,21,23). The first-order valence-electron chi connectivity index (χ1n) is 7.60. The Morgan fingerprint density at radius 1 is 0.885 bits per heavy atom. The zero-order valence-corrected chi connectivity index (χ0v) is 15.0. The van der Waals surface area contributed by atoms with Gasteiger partial charge < -0.3 is 5.32 Å². The fraction of sp³-hybridized carbons (Fsp3) is 0. The molecule has 130 valence electrons. The van der Waals surface area contributed by atoms with Crippen molar-refractivity contribution >= 4 is 40.6 Å². The lowest BCUT2D eigenvalue weighted by atomic mass is 10.2. The fourth-order valence-corrected chi connectivity index (χ4v) is 3.13. The monoisotopic (exact) mass is 384 g/mol. The van der Waals surface area contributed by atoms with Gasteiger partial charge in [0.25, 0.3) is 11.6 Å². The molecule has 1 N–H and O–H groups in total. The van der Waals surface area contributed by atoms with Crippen LogP contribution in [0, 0.1) is 10.1 Å². The Morgan fingerprint density at radius 3 is 1.96 bits per heavy atom. The Balaban J connectivity index is 1.63. The van der Waals surface area contributed by atoms with E-state index >= 15 is 0 Å². The Morgan fingerprint density at radius 2 is 1.42 bits per heavy atom. The molecule has 7 heteroatoms. The topological polar surface area (TPSA) is 72.2 Å². The van der Waals surface area contributed by atoms with Crippen molar-refractivity contribution in [2.45, 2.75) is 9.79 Å². The SMILES string of the molecule is O=C(Nc1ccc(Sc2ccc([N+](=O)[O-])cc2)cc1)c1ccc(Cl)cc1. The Labute approximate surface area is 159 Å². The van der Waals surface area contributed by atoms with Gasteiger partial charge in [-0.25, -0.2) is 0 Å². The van der Waals surface area contributed by atoms with Gasteiger partial charge in [0.05, 0.1) is 4.92 Å². The zero-order valence-electron chi connectivity index (χ0n) is 13.4.